The second-order valence-corrected chi connectivity index (χ2v) is 6.45. The smallest absolute Gasteiger partial charge is 0.305 e. The lowest BCUT2D eigenvalue weighted by atomic mass is 9.84. The highest BCUT2D eigenvalue weighted by Gasteiger charge is 2.42. The highest BCUT2D eigenvalue weighted by Crippen LogP contribution is 2.38. The molecule has 1 saturated carbocycles. The van der Waals surface area contributed by atoms with E-state index in [1.807, 2.05) is 14.1 Å². The van der Waals surface area contributed by atoms with Crippen molar-refractivity contribution in [1.82, 2.24) is 15.5 Å². The molecular weight excluding hydrogens is 308 g/mol. The van der Waals surface area contributed by atoms with Gasteiger partial charge in [-0.3, -0.25) is 14.6 Å². The molecule has 0 aromatic carbocycles. The minimum atomic E-state index is -0.327. The number of nitrogens with zero attached hydrogens (tertiary/aromatic N) is 2. The van der Waals surface area contributed by atoms with Crippen molar-refractivity contribution >= 4 is 17.8 Å². The van der Waals surface area contributed by atoms with Crippen LogP contribution in [0.15, 0.2) is 4.99 Å². The minimum absolute atomic E-state index is 0.177. The molecule has 0 heterocycles. The number of hydrogen-bond donors (Lipinski definition) is 2. The van der Waals surface area contributed by atoms with E-state index < -0.39 is 0 Å². The van der Waals surface area contributed by atoms with Crippen LogP contribution in [0.2, 0.25) is 0 Å². The average molecular weight is 340 g/mol. The van der Waals surface area contributed by atoms with Crippen molar-refractivity contribution < 1.29 is 14.3 Å². The fourth-order valence-electron chi connectivity index (χ4n) is 3.14. The molecule has 0 radical (unpaired) electrons. The van der Waals surface area contributed by atoms with Crippen molar-refractivity contribution in [2.75, 3.05) is 40.8 Å². The summed E-state index contributed by atoms with van der Waals surface area (Å²) in [5, 5.41) is 6.46. The van der Waals surface area contributed by atoms with E-state index in [9.17, 15) is 9.59 Å². The summed E-state index contributed by atoms with van der Waals surface area (Å²) in [4.78, 5) is 29.7. The maximum Gasteiger partial charge on any atom is 0.305 e. The SMILES string of the molecule is CCOC(=O)CCCNC(=NC)NCC1(C(=O)N(C)C)CCCC1. The van der Waals surface area contributed by atoms with Gasteiger partial charge in [-0.25, -0.2) is 0 Å². The zero-order chi connectivity index (χ0) is 18.0. The third-order valence-corrected chi connectivity index (χ3v) is 4.39. The topological polar surface area (TPSA) is 83.0 Å². The van der Waals surface area contributed by atoms with E-state index in [0.29, 0.717) is 38.5 Å². The Hall–Kier alpha value is -1.79. The summed E-state index contributed by atoms with van der Waals surface area (Å²) >= 11 is 0. The highest BCUT2D eigenvalue weighted by atomic mass is 16.5. The monoisotopic (exact) mass is 340 g/mol. The second-order valence-electron chi connectivity index (χ2n) is 6.45. The van der Waals surface area contributed by atoms with E-state index in [1.165, 1.54) is 0 Å². The van der Waals surface area contributed by atoms with Crippen LogP contribution < -0.4 is 10.6 Å². The fraction of sp³-hybridized carbons (Fsp3) is 0.824. The summed E-state index contributed by atoms with van der Waals surface area (Å²) in [7, 11) is 5.32. The molecule has 0 aliphatic heterocycles. The number of esters is 1. The van der Waals surface area contributed by atoms with Crippen LogP contribution in [0, 0.1) is 5.41 Å². The normalized spacial score (nSPS) is 16.6. The quantitative estimate of drug-likeness (QED) is 0.300. The summed E-state index contributed by atoms with van der Waals surface area (Å²) in [5.41, 5.74) is -0.327. The molecule has 0 spiro atoms. The standard InChI is InChI=1S/C17H32N4O3/c1-5-24-14(22)9-8-12-19-16(18-2)20-13-17(10-6-7-11-17)15(23)21(3)4/h5-13H2,1-4H3,(H2,18,19,20). The first kappa shape index (κ1) is 20.3. The van der Waals surface area contributed by atoms with Crippen molar-refractivity contribution in [3.63, 3.8) is 0 Å². The molecule has 1 amide bonds. The van der Waals surface area contributed by atoms with Gasteiger partial charge in [0.15, 0.2) is 5.96 Å². The van der Waals surface area contributed by atoms with Gasteiger partial charge in [0.05, 0.1) is 12.0 Å². The number of nitrogens with one attached hydrogen (secondary N) is 2. The van der Waals surface area contributed by atoms with Crippen LogP contribution in [0.25, 0.3) is 0 Å². The maximum absolute atomic E-state index is 12.5. The summed E-state index contributed by atoms with van der Waals surface area (Å²) in [6, 6.07) is 0. The molecule has 0 aromatic rings. The number of amides is 1. The Bertz CT molecular complexity index is 443. The lowest BCUT2D eigenvalue weighted by Gasteiger charge is -2.31. The molecule has 24 heavy (non-hydrogen) atoms. The van der Waals surface area contributed by atoms with Gasteiger partial charge in [0.25, 0.3) is 0 Å². The first-order valence-electron chi connectivity index (χ1n) is 8.77. The lowest BCUT2D eigenvalue weighted by Crippen LogP contribution is -2.49. The number of carbonyl (C=O) groups excluding carboxylic acids is 2. The highest BCUT2D eigenvalue weighted by molar-refractivity contribution is 5.85. The van der Waals surface area contributed by atoms with Crippen molar-refractivity contribution in [3.8, 4) is 0 Å². The van der Waals surface area contributed by atoms with Gasteiger partial charge in [-0.2, -0.15) is 0 Å². The van der Waals surface area contributed by atoms with Crippen LogP contribution >= 0.6 is 0 Å². The van der Waals surface area contributed by atoms with Crippen molar-refractivity contribution in [1.29, 1.82) is 0 Å². The third kappa shape index (κ3) is 6.02. The van der Waals surface area contributed by atoms with Crippen molar-refractivity contribution in [2.45, 2.75) is 45.4 Å². The maximum atomic E-state index is 12.5. The zero-order valence-electron chi connectivity index (χ0n) is 15.5. The van der Waals surface area contributed by atoms with E-state index >= 15 is 0 Å². The van der Waals surface area contributed by atoms with Gasteiger partial charge < -0.3 is 20.3 Å². The molecule has 138 valence electrons. The van der Waals surface area contributed by atoms with Gasteiger partial charge in [-0.1, -0.05) is 12.8 Å². The summed E-state index contributed by atoms with van der Waals surface area (Å²) < 4.78 is 4.90. The Labute approximate surface area is 145 Å². The summed E-state index contributed by atoms with van der Waals surface area (Å²) in [6.45, 7) is 3.43. The average Bonchev–Trinajstić information content (AvgIpc) is 3.03. The van der Waals surface area contributed by atoms with Gasteiger partial charge in [-0.15, -0.1) is 0 Å². The summed E-state index contributed by atoms with van der Waals surface area (Å²) in [5.74, 6) is 0.672. The molecule has 0 unspecified atom stereocenters. The molecule has 1 aliphatic rings. The van der Waals surface area contributed by atoms with Crippen LogP contribution in [0.1, 0.15) is 45.4 Å². The van der Waals surface area contributed by atoms with Gasteiger partial charge in [0, 0.05) is 40.7 Å². The first-order chi connectivity index (χ1) is 11.4. The molecule has 0 aromatic heterocycles. The largest absolute Gasteiger partial charge is 0.466 e. The fourth-order valence-corrected chi connectivity index (χ4v) is 3.14. The van der Waals surface area contributed by atoms with Gasteiger partial charge in [0.1, 0.15) is 0 Å². The predicted molar refractivity (Wildman–Crippen MR) is 94.8 cm³/mol. The second kappa shape index (κ2) is 10.2. The minimum Gasteiger partial charge on any atom is -0.466 e. The number of ether oxygens (including phenoxy) is 1. The number of guanidine groups is 1. The molecule has 0 atom stereocenters. The van der Waals surface area contributed by atoms with Crippen LogP contribution in [0.3, 0.4) is 0 Å². The van der Waals surface area contributed by atoms with E-state index in [0.717, 1.165) is 25.7 Å². The number of carbonyl (C=O) groups is 2. The molecule has 7 nitrogen and oxygen atoms in total. The van der Waals surface area contributed by atoms with Gasteiger partial charge in [-0.05, 0) is 26.2 Å². The zero-order valence-corrected chi connectivity index (χ0v) is 15.5. The number of hydrogen-bond acceptors (Lipinski definition) is 4. The third-order valence-electron chi connectivity index (χ3n) is 4.39. The Morgan fingerprint density at radius 1 is 1.21 bits per heavy atom. The molecule has 0 bridgehead atoms. The van der Waals surface area contributed by atoms with Gasteiger partial charge >= 0.3 is 5.97 Å². The van der Waals surface area contributed by atoms with Crippen molar-refractivity contribution in [2.24, 2.45) is 10.4 Å². The molecule has 7 heteroatoms. The number of rotatable bonds is 8. The van der Waals surface area contributed by atoms with Crippen molar-refractivity contribution in [3.05, 3.63) is 0 Å². The Morgan fingerprint density at radius 2 is 1.88 bits per heavy atom. The number of aliphatic imine (C=N–C) groups is 1. The first-order valence-corrected chi connectivity index (χ1v) is 8.77. The molecular formula is C17H32N4O3. The Balaban J connectivity index is 2.42. The molecule has 0 saturated heterocycles. The Kier molecular flexibility index (Phi) is 8.57. The van der Waals surface area contributed by atoms with Gasteiger partial charge in [0.2, 0.25) is 5.91 Å². The van der Waals surface area contributed by atoms with Crippen LogP contribution in [0.5, 0.6) is 0 Å². The lowest BCUT2D eigenvalue weighted by molar-refractivity contribution is -0.143. The molecule has 2 N–H and O–H groups in total. The molecule has 1 fully saturated rings. The Morgan fingerprint density at radius 3 is 2.42 bits per heavy atom. The van der Waals surface area contributed by atoms with E-state index in [-0.39, 0.29) is 17.3 Å². The van der Waals surface area contributed by atoms with Crippen LogP contribution in [-0.4, -0.2) is 63.6 Å². The van der Waals surface area contributed by atoms with E-state index in [2.05, 4.69) is 15.6 Å². The van der Waals surface area contributed by atoms with E-state index in [4.69, 9.17) is 4.74 Å². The van der Waals surface area contributed by atoms with E-state index in [1.54, 1.807) is 18.9 Å². The molecule has 1 rings (SSSR count). The predicted octanol–water partition coefficient (Wildman–Crippen LogP) is 1.14. The van der Waals surface area contributed by atoms with Crippen LogP contribution in [0.4, 0.5) is 0 Å². The summed E-state index contributed by atoms with van der Waals surface area (Å²) in [6.07, 6.45) is 5.08. The molecule has 1 aliphatic carbocycles. The van der Waals surface area contributed by atoms with Crippen LogP contribution in [-0.2, 0) is 14.3 Å².